The number of halogens is 1. The van der Waals surface area contributed by atoms with Crippen LogP contribution in [0.2, 0.25) is 5.02 Å². The SMILES string of the molecule is COc1ccc2c(n1)C(NC(=O)c1ccc(C(=O)N(C)C)cc1)C(C(=O)Nc1ccc(Cl)cn1)O2. The molecule has 1 aliphatic rings. The summed E-state index contributed by atoms with van der Waals surface area (Å²) in [7, 11) is 4.75. The Bertz CT molecular complexity index is 1260. The summed E-state index contributed by atoms with van der Waals surface area (Å²) in [6.45, 7) is 0. The molecule has 2 atom stereocenters. The van der Waals surface area contributed by atoms with Crippen molar-refractivity contribution < 1.29 is 23.9 Å². The van der Waals surface area contributed by atoms with Gasteiger partial charge in [-0.3, -0.25) is 14.4 Å². The van der Waals surface area contributed by atoms with Gasteiger partial charge in [0.1, 0.15) is 23.3 Å². The number of nitrogens with zero attached hydrogens (tertiary/aromatic N) is 3. The van der Waals surface area contributed by atoms with E-state index in [1.807, 2.05) is 0 Å². The molecule has 4 rings (SSSR count). The number of nitrogens with one attached hydrogen (secondary N) is 2. The summed E-state index contributed by atoms with van der Waals surface area (Å²) in [5, 5.41) is 5.91. The van der Waals surface area contributed by atoms with Crippen molar-refractivity contribution in [2.75, 3.05) is 26.5 Å². The van der Waals surface area contributed by atoms with Crippen LogP contribution in [0.4, 0.5) is 5.82 Å². The van der Waals surface area contributed by atoms with Crippen LogP contribution in [0.15, 0.2) is 54.7 Å². The largest absolute Gasteiger partial charge is 0.481 e. The Morgan fingerprint density at radius 1 is 1.03 bits per heavy atom. The Labute approximate surface area is 206 Å². The molecule has 2 aromatic heterocycles. The first-order valence-corrected chi connectivity index (χ1v) is 10.9. The van der Waals surface area contributed by atoms with Crippen molar-refractivity contribution in [2.24, 2.45) is 0 Å². The van der Waals surface area contributed by atoms with Crippen LogP contribution in [0, 0.1) is 0 Å². The number of fused-ring (bicyclic) bond motifs is 1. The fraction of sp³-hybridized carbons (Fsp3) is 0.208. The molecule has 3 amide bonds. The van der Waals surface area contributed by atoms with Gasteiger partial charge in [-0.05, 0) is 42.5 Å². The maximum absolute atomic E-state index is 13.1. The molecule has 0 saturated carbocycles. The van der Waals surface area contributed by atoms with Crippen LogP contribution < -0.4 is 20.1 Å². The average Bonchev–Trinajstić information content (AvgIpc) is 3.22. The van der Waals surface area contributed by atoms with E-state index < -0.39 is 24.0 Å². The predicted molar refractivity (Wildman–Crippen MR) is 128 cm³/mol. The van der Waals surface area contributed by atoms with Crippen LogP contribution in [-0.4, -0.2) is 59.9 Å². The van der Waals surface area contributed by atoms with Gasteiger partial charge in [0, 0.05) is 37.5 Å². The van der Waals surface area contributed by atoms with Gasteiger partial charge in [-0.15, -0.1) is 0 Å². The van der Waals surface area contributed by atoms with Gasteiger partial charge in [-0.25, -0.2) is 9.97 Å². The van der Waals surface area contributed by atoms with Crippen molar-refractivity contribution in [3.8, 4) is 11.6 Å². The molecule has 3 aromatic rings. The minimum atomic E-state index is -1.12. The normalized spacial score (nSPS) is 16.0. The number of benzene rings is 1. The third-order valence-electron chi connectivity index (χ3n) is 5.24. The molecule has 3 heterocycles. The standard InChI is InChI=1S/C24H22ClN5O5/c1-30(2)24(33)14-6-4-13(5-7-14)22(31)29-20-19-16(9-11-18(28-19)34-3)35-21(20)23(32)27-17-10-8-15(25)12-26-17/h4-12,20-21H,1-3H3,(H,29,31)(H,26,27,32). The zero-order chi connectivity index (χ0) is 25.1. The molecule has 0 saturated heterocycles. The molecule has 1 aliphatic heterocycles. The molecule has 0 spiro atoms. The minimum absolute atomic E-state index is 0.182. The summed E-state index contributed by atoms with van der Waals surface area (Å²) < 4.78 is 11.0. The lowest BCUT2D eigenvalue weighted by molar-refractivity contribution is -0.123. The van der Waals surface area contributed by atoms with Gasteiger partial charge in [0.05, 0.1) is 12.1 Å². The van der Waals surface area contributed by atoms with E-state index in [1.165, 1.54) is 30.3 Å². The van der Waals surface area contributed by atoms with E-state index in [1.54, 1.807) is 50.5 Å². The lowest BCUT2D eigenvalue weighted by Gasteiger charge is -2.19. The number of methoxy groups -OCH3 is 1. The third-order valence-corrected chi connectivity index (χ3v) is 5.47. The number of hydrogen-bond acceptors (Lipinski definition) is 7. The first kappa shape index (κ1) is 24.0. The lowest BCUT2D eigenvalue weighted by atomic mass is 10.1. The Kier molecular flexibility index (Phi) is 6.83. The van der Waals surface area contributed by atoms with E-state index in [-0.39, 0.29) is 11.7 Å². The van der Waals surface area contributed by atoms with Crippen LogP contribution >= 0.6 is 11.6 Å². The molecule has 0 fully saturated rings. The lowest BCUT2D eigenvalue weighted by Crippen LogP contribution is -2.42. The molecule has 11 heteroatoms. The monoisotopic (exact) mass is 495 g/mol. The van der Waals surface area contributed by atoms with Crippen molar-refractivity contribution in [3.63, 3.8) is 0 Å². The van der Waals surface area contributed by atoms with E-state index in [4.69, 9.17) is 21.1 Å². The summed E-state index contributed by atoms with van der Waals surface area (Å²) in [5.74, 6) is -0.267. The summed E-state index contributed by atoms with van der Waals surface area (Å²) in [4.78, 5) is 48.1. The van der Waals surface area contributed by atoms with Gasteiger partial charge in [0.15, 0.2) is 0 Å². The molecule has 10 nitrogen and oxygen atoms in total. The van der Waals surface area contributed by atoms with Crippen LogP contribution in [0.25, 0.3) is 0 Å². The fourth-order valence-corrected chi connectivity index (χ4v) is 3.58. The summed E-state index contributed by atoms with van der Waals surface area (Å²) in [5.41, 5.74) is 1.09. The van der Waals surface area contributed by atoms with Crippen LogP contribution in [-0.2, 0) is 4.79 Å². The number of rotatable bonds is 6. The van der Waals surface area contributed by atoms with Crippen molar-refractivity contribution in [3.05, 3.63) is 76.6 Å². The Balaban J connectivity index is 1.58. The van der Waals surface area contributed by atoms with Crippen LogP contribution in [0.5, 0.6) is 11.6 Å². The number of ether oxygens (including phenoxy) is 2. The zero-order valence-electron chi connectivity index (χ0n) is 19.1. The second-order valence-electron chi connectivity index (χ2n) is 7.85. The number of amides is 3. The number of carbonyl (C=O) groups excluding carboxylic acids is 3. The van der Waals surface area contributed by atoms with Gasteiger partial charge in [-0.2, -0.15) is 0 Å². The first-order valence-electron chi connectivity index (χ1n) is 10.5. The highest BCUT2D eigenvalue weighted by atomic mass is 35.5. The van der Waals surface area contributed by atoms with E-state index >= 15 is 0 Å². The van der Waals surface area contributed by atoms with Crippen molar-refractivity contribution in [1.29, 1.82) is 0 Å². The Hall–Kier alpha value is -4.18. The van der Waals surface area contributed by atoms with Crippen LogP contribution in [0.1, 0.15) is 32.5 Å². The van der Waals surface area contributed by atoms with E-state index in [9.17, 15) is 14.4 Å². The second-order valence-corrected chi connectivity index (χ2v) is 8.29. The highest BCUT2D eigenvalue weighted by Gasteiger charge is 2.42. The molecular weight excluding hydrogens is 474 g/mol. The summed E-state index contributed by atoms with van der Waals surface area (Å²) in [6.07, 6.45) is 0.276. The average molecular weight is 496 g/mol. The molecular formula is C24H22ClN5O5. The quantitative estimate of drug-likeness (QED) is 0.539. The molecule has 35 heavy (non-hydrogen) atoms. The number of anilines is 1. The van der Waals surface area contributed by atoms with Crippen molar-refractivity contribution in [2.45, 2.75) is 12.1 Å². The summed E-state index contributed by atoms with van der Waals surface area (Å²) >= 11 is 5.86. The molecule has 180 valence electrons. The second kappa shape index (κ2) is 9.98. The smallest absolute Gasteiger partial charge is 0.269 e. The van der Waals surface area contributed by atoms with E-state index in [2.05, 4.69) is 20.6 Å². The highest BCUT2D eigenvalue weighted by Crippen LogP contribution is 2.37. The Morgan fingerprint density at radius 2 is 1.74 bits per heavy atom. The maximum Gasteiger partial charge on any atom is 0.269 e. The van der Waals surface area contributed by atoms with Crippen molar-refractivity contribution >= 4 is 35.1 Å². The number of hydrogen-bond donors (Lipinski definition) is 2. The molecule has 2 unspecified atom stereocenters. The minimum Gasteiger partial charge on any atom is -0.481 e. The number of pyridine rings is 2. The molecule has 1 aromatic carbocycles. The van der Waals surface area contributed by atoms with Gasteiger partial charge < -0.3 is 25.0 Å². The molecule has 0 aliphatic carbocycles. The molecule has 2 N–H and O–H groups in total. The zero-order valence-corrected chi connectivity index (χ0v) is 19.9. The van der Waals surface area contributed by atoms with E-state index in [0.717, 1.165) is 0 Å². The van der Waals surface area contributed by atoms with Gasteiger partial charge in [-0.1, -0.05) is 11.6 Å². The Morgan fingerprint density at radius 3 is 2.37 bits per heavy atom. The van der Waals surface area contributed by atoms with E-state index in [0.29, 0.717) is 33.5 Å². The van der Waals surface area contributed by atoms with Gasteiger partial charge in [0.2, 0.25) is 12.0 Å². The first-order chi connectivity index (χ1) is 16.8. The number of carbonyl (C=O) groups is 3. The predicted octanol–water partition coefficient (Wildman–Crippen LogP) is 2.71. The third kappa shape index (κ3) is 5.17. The van der Waals surface area contributed by atoms with Gasteiger partial charge >= 0.3 is 0 Å². The van der Waals surface area contributed by atoms with Crippen LogP contribution in [0.3, 0.4) is 0 Å². The maximum atomic E-state index is 13.1. The van der Waals surface area contributed by atoms with Gasteiger partial charge in [0.25, 0.3) is 17.7 Å². The molecule has 0 bridgehead atoms. The highest BCUT2D eigenvalue weighted by molar-refractivity contribution is 6.30. The topological polar surface area (TPSA) is 123 Å². The fourth-order valence-electron chi connectivity index (χ4n) is 3.47. The molecule has 0 radical (unpaired) electrons. The number of aromatic nitrogens is 2. The van der Waals surface area contributed by atoms with Crippen molar-refractivity contribution in [1.82, 2.24) is 20.2 Å². The summed E-state index contributed by atoms with van der Waals surface area (Å²) in [6, 6.07) is 11.6.